The molecule has 0 saturated heterocycles. The fourth-order valence-electron chi connectivity index (χ4n) is 5.96. The van der Waals surface area contributed by atoms with Gasteiger partial charge in [0.1, 0.15) is 23.2 Å². The zero-order valence-corrected chi connectivity index (χ0v) is 25.2. The van der Waals surface area contributed by atoms with Crippen molar-refractivity contribution in [1.82, 2.24) is 0 Å². The van der Waals surface area contributed by atoms with Crippen LogP contribution in [0.3, 0.4) is 0 Å². The summed E-state index contributed by atoms with van der Waals surface area (Å²) in [6.45, 7) is 2.30. The largest absolute Gasteiger partial charge is 0.112 e. The van der Waals surface area contributed by atoms with Crippen molar-refractivity contribution >= 4 is 23.2 Å². The molecular formula is C37H54P+. The predicted molar refractivity (Wildman–Crippen MR) is 174 cm³/mol. The predicted octanol–water partition coefficient (Wildman–Crippen LogP) is 10.6. The van der Waals surface area contributed by atoms with Crippen molar-refractivity contribution in [2.45, 2.75) is 116 Å². The van der Waals surface area contributed by atoms with Crippen LogP contribution in [-0.4, -0.2) is 6.16 Å². The quantitative estimate of drug-likeness (QED) is 0.0951. The van der Waals surface area contributed by atoms with Gasteiger partial charge in [-0.2, -0.15) is 0 Å². The molecule has 0 radical (unpaired) electrons. The normalized spacial score (nSPS) is 11.6. The molecule has 0 aromatic heterocycles. The lowest BCUT2D eigenvalue weighted by Gasteiger charge is -2.27. The van der Waals surface area contributed by atoms with E-state index in [1.807, 2.05) is 0 Å². The maximum atomic E-state index is 2.38. The van der Waals surface area contributed by atoms with Crippen LogP contribution in [0.4, 0.5) is 0 Å². The highest BCUT2D eigenvalue weighted by Gasteiger charge is 2.44. The van der Waals surface area contributed by atoms with Gasteiger partial charge in [0.2, 0.25) is 0 Å². The zero-order valence-electron chi connectivity index (χ0n) is 24.3. The Balaban J connectivity index is 1.38. The second kappa shape index (κ2) is 19.2. The highest BCUT2D eigenvalue weighted by Crippen LogP contribution is 2.56. The first-order chi connectivity index (χ1) is 18.9. The number of rotatable bonds is 21. The topological polar surface area (TPSA) is 0 Å². The van der Waals surface area contributed by atoms with E-state index in [0.29, 0.717) is 0 Å². The second-order valence-corrected chi connectivity index (χ2v) is 14.8. The molecule has 0 saturated carbocycles. The summed E-state index contributed by atoms with van der Waals surface area (Å²) in [7, 11) is -1.64. The van der Waals surface area contributed by atoms with E-state index in [1.54, 1.807) is 0 Å². The van der Waals surface area contributed by atoms with Crippen LogP contribution < -0.4 is 15.9 Å². The molecule has 0 atom stereocenters. The molecule has 0 aliphatic rings. The van der Waals surface area contributed by atoms with Gasteiger partial charge in [0.25, 0.3) is 0 Å². The number of benzene rings is 3. The highest BCUT2D eigenvalue weighted by molar-refractivity contribution is 7.95. The SMILES string of the molecule is CCCCCCCCCCCCCCCCCCC[P+](c1ccccc1)(c1ccccc1)c1ccccc1. The number of unbranched alkanes of at least 4 members (excludes halogenated alkanes) is 16. The molecule has 0 aliphatic carbocycles. The Hall–Kier alpha value is -1.91. The summed E-state index contributed by atoms with van der Waals surface area (Å²) in [5, 5.41) is 4.57. The molecule has 0 bridgehead atoms. The van der Waals surface area contributed by atoms with Crippen molar-refractivity contribution in [1.29, 1.82) is 0 Å². The maximum Gasteiger partial charge on any atom is 0.112 e. The highest BCUT2D eigenvalue weighted by atomic mass is 31.2. The summed E-state index contributed by atoms with van der Waals surface area (Å²) in [5.41, 5.74) is 0. The van der Waals surface area contributed by atoms with Gasteiger partial charge >= 0.3 is 0 Å². The van der Waals surface area contributed by atoms with E-state index in [0.717, 1.165) is 0 Å². The fourth-order valence-corrected chi connectivity index (χ4v) is 10.4. The van der Waals surface area contributed by atoms with Crippen molar-refractivity contribution in [3.05, 3.63) is 91.0 Å². The molecule has 0 unspecified atom stereocenters. The Labute approximate surface area is 236 Å². The van der Waals surface area contributed by atoms with Gasteiger partial charge in [-0.15, -0.1) is 0 Å². The lowest BCUT2D eigenvalue weighted by atomic mass is 10.0. The molecule has 3 aromatic rings. The van der Waals surface area contributed by atoms with E-state index in [9.17, 15) is 0 Å². The zero-order chi connectivity index (χ0) is 26.6. The monoisotopic (exact) mass is 529 g/mol. The molecule has 0 heterocycles. The third-order valence-electron chi connectivity index (χ3n) is 8.19. The summed E-state index contributed by atoms with van der Waals surface area (Å²) in [5.74, 6) is 0. The lowest BCUT2D eigenvalue weighted by molar-refractivity contribution is 0.529. The molecule has 0 aliphatic heterocycles. The molecule has 0 fully saturated rings. The minimum absolute atomic E-state index is 1.27. The van der Waals surface area contributed by atoms with Crippen molar-refractivity contribution in [3.63, 3.8) is 0 Å². The average Bonchev–Trinajstić information content (AvgIpc) is 2.98. The van der Waals surface area contributed by atoms with Gasteiger partial charge in [0.05, 0.1) is 6.16 Å². The minimum atomic E-state index is -1.64. The smallest absolute Gasteiger partial charge is 0.0654 e. The van der Waals surface area contributed by atoms with Crippen LogP contribution in [0.15, 0.2) is 91.0 Å². The van der Waals surface area contributed by atoms with E-state index < -0.39 is 7.26 Å². The molecule has 0 N–H and O–H groups in total. The Kier molecular flexibility index (Phi) is 15.5. The average molecular weight is 530 g/mol. The molecule has 38 heavy (non-hydrogen) atoms. The molecule has 206 valence electrons. The van der Waals surface area contributed by atoms with Crippen LogP contribution >= 0.6 is 7.26 Å². The van der Waals surface area contributed by atoms with Crippen LogP contribution in [0.1, 0.15) is 116 Å². The van der Waals surface area contributed by atoms with Crippen LogP contribution in [0.2, 0.25) is 0 Å². The third kappa shape index (κ3) is 10.3. The van der Waals surface area contributed by atoms with Crippen molar-refractivity contribution in [2.75, 3.05) is 6.16 Å². The molecule has 0 spiro atoms. The first-order valence-corrected chi connectivity index (χ1v) is 17.9. The Bertz CT molecular complexity index is 838. The Morgan fingerprint density at radius 2 is 0.605 bits per heavy atom. The summed E-state index contributed by atoms with van der Waals surface area (Å²) >= 11 is 0. The van der Waals surface area contributed by atoms with E-state index in [4.69, 9.17) is 0 Å². The van der Waals surface area contributed by atoms with Gasteiger partial charge in [0, 0.05) is 0 Å². The molecule has 3 aromatic carbocycles. The number of hydrogen-bond donors (Lipinski definition) is 0. The molecule has 0 amide bonds. The first-order valence-electron chi connectivity index (χ1n) is 15.9. The van der Waals surface area contributed by atoms with Crippen LogP contribution in [0, 0.1) is 0 Å². The lowest BCUT2D eigenvalue weighted by Crippen LogP contribution is -2.33. The summed E-state index contributed by atoms with van der Waals surface area (Å²) < 4.78 is 0. The minimum Gasteiger partial charge on any atom is -0.0654 e. The third-order valence-corrected chi connectivity index (χ3v) is 12.7. The molecule has 1 heteroatoms. The Morgan fingerprint density at radius 1 is 0.342 bits per heavy atom. The fraction of sp³-hybridized carbons (Fsp3) is 0.514. The van der Waals surface area contributed by atoms with Crippen LogP contribution in [0.25, 0.3) is 0 Å². The van der Waals surface area contributed by atoms with Gasteiger partial charge < -0.3 is 0 Å². The summed E-state index contributed by atoms with van der Waals surface area (Å²) in [6.07, 6.45) is 25.5. The molecule has 0 nitrogen and oxygen atoms in total. The standard InChI is InChI=1S/C37H54P/c1-2-3-4-5-6-7-8-9-10-11-12-13-14-15-16-17-27-34-38(35-28-21-18-22-29-35,36-30-23-19-24-31-36)37-32-25-20-26-33-37/h18-26,28-33H,2-17,27,34H2,1H3/q+1. The van der Waals surface area contributed by atoms with Gasteiger partial charge in [-0.05, 0) is 49.2 Å². The van der Waals surface area contributed by atoms with E-state index in [-0.39, 0.29) is 0 Å². The second-order valence-electron chi connectivity index (χ2n) is 11.2. The van der Waals surface area contributed by atoms with Gasteiger partial charge in [0.15, 0.2) is 0 Å². The van der Waals surface area contributed by atoms with Crippen molar-refractivity contribution < 1.29 is 0 Å². The number of hydrogen-bond acceptors (Lipinski definition) is 0. The molecule has 3 rings (SSSR count). The summed E-state index contributed by atoms with van der Waals surface area (Å²) in [6, 6.07) is 34.1. The van der Waals surface area contributed by atoms with Crippen molar-refractivity contribution in [3.8, 4) is 0 Å². The van der Waals surface area contributed by atoms with E-state index in [2.05, 4.69) is 97.9 Å². The van der Waals surface area contributed by atoms with Gasteiger partial charge in [-0.25, -0.2) is 0 Å². The van der Waals surface area contributed by atoms with Gasteiger partial charge in [-0.3, -0.25) is 0 Å². The molecular weight excluding hydrogens is 475 g/mol. The van der Waals surface area contributed by atoms with E-state index >= 15 is 0 Å². The Morgan fingerprint density at radius 3 is 0.895 bits per heavy atom. The van der Waals surface area contributed by atoms with Gasteiger partial charge in [-0.1, -0.05) is 158 Å². The van der Waals surface area contributed by atoms with Crippen LogP contribution in [0.5, 0.6) is 0 Å². The summed E-state index contributed by atoms with van der Waals surface area (Å²) in [4.78, 5) is 0. The first kappa shape index (κ1) is 30.6. The van der Waals surface area contributed by atoms with Crippen LogP contribution in [-0.2, 0) is 0 Å². The van der Waals surface area contributed by atoms with E-state index in [1.165, 1.54) is 131 Å². The van der Waals surface area contributed by atoms with Crippen molar-refractivity contribution in [2.24, 2.45) is 0 Å². The maximum absolute atomic E-state index is 2.38.